The van der Waals surface area contributed by atoms with Crippen LogP contribution in [0, 0.1) is 12.7 Å². The minimum Gasteiger partial charge on any atom is -0.471 e. The molecule has 1 aromatic carbocycles. The second-order valence-corrected chi connectivity index (χ2v) is 9.10. The molecule has 0 radical (unpaired) electrons. The van der Waals surface area contributed by atoms with E-state index in [9.17, 15) is 14.0 Å². The van der Waals surface area contributed by atoms with Crippen LogP contribution in [0.4, 0.5) is 14.2 Å². The summed E-state index contributed by atoms with van der Waals surface area (Å²) in [7, 11) is 2.11. The summed E-state index contributed by atoms with van der Waals surface area (Å²) in [6.45, 7) is 7.01. The van der Waals surface area contributed by atoms with Crippen LogP contribution in [0.2, 0.25) is 5.02 Å². The number of carbonyl (C=O) groups excluding carboxylic acids is 2. The molecule has 0 unspecified atom stereocenters. The van der Waals surface area contributed by atoms with Crippen LogP contribution in [0.25, 0.3) is 0 Å². The summed E-state index contributed by atoms with van der Waals surface area (Å²) in [6.07, 6.45) is 0.807. The van der Waals surface area contributed by atoms with Crippen molar-refractivity contribution in [3.63, 3.8) is 0 Å². The third-order valence-corrected chi connectivity index (χ3v) is 6.51. The van der Waals surface area contributed by atoms with Crippen molar-refractivity contribution in [2.75, 3.05) is 51.6 Å². The lowest BCUT2D eigenvalue weighted by Crippen LogP contribution is -2.45. The van der Waals surface area contributed by atoms with E-state index in [1.54, 1.807) is 6.92 Å². The molecule has 12 heteroatoms. The van der Waals surface area contributed by atoms with Crippen molar-refractivity contribution < 1.29 is 18.7 Å². The number of carbonyl (C=O) groups is 2. The van der Waals surface area contributed by atoms with Crippen LogP contribution in [0.1, 0.15) is 27.9 Å². The van der Waals surface area contributed by atoms with Gasteiger partial charge in [-0.3, -0.25) is 10.1 Å². The van der Waals surface area contributed by atoms with Crippen LogP contribution in [-0.2, 0) is 6.61 Å². The number of hydrogen-bond donors (Lipinski definition) is 3. The first kappa shape index (κ1) is 25.2. The Morgan fingerprint density at radius 2 is 2.03 bits per heavy atom. The summed E-state index contributed by atoms with van der Waals surface area (Å²) in [4.78, 5) is 28.9. The topological polar surface area (TPSA) is 113 Å². The zero-order valence-corrected chi connectivity index (χ0v) is 20.2. The molecule has 0 aliphatic carbocycles. The molecule has 1 aliphatic rings. The number of nitrogens with two attached hydrogens (primary N) is 1. The van der Waals surface area contributed by atoms with Crippen LogP contribution in [0.5, 0.6) is 5.88 Å². The number of nitrogens with one attached hydrogen (secondary N) is 2. The van der Waals surface area contributed by atoms with Crippen LogP contribution in [0.15, 0.2) is 12.1 Å². The predicted molar refractivity (Wildman–Crippen MR) is 127 cm³/mol. The van der Waals surface area contributed by atoms with E-state index in [-0.39, 0.29) is 28.6 Å². The molecule has 2 aromatic rings. The SMILES string of the molecule is Cc1cc(F)c(COc2nsc(NC(=O)NCCCN3CCN(C)CC3)c2C(N)=O)cc1Cl. The van der Waals surface area contributed by atoms with E-state index in [1.165, 1.54) is 12.1 Å². The highest BCUT2D eigenvalue weighted by Gasteiger charge is 2.22. The Kier molecular flexibility index (Phi) is 8.84. The molecule has 180 valence electrons. The number of urea groups is 1. The molecule has 0 spiro atoms. The highest BCUT2D eigenvalue weighted by atomic mass is 35.5. The van der Waals surface area contributed by atoms with Gasteiger partial charge in [-0.25, -0.2) is 9.18 Å². The zero-order chi connectivity index (χ0) is 24.0. The van der Waals surface area contributed by atoms with Gasteiger partial charge in [-0.2, -0.15) is 4.37 Å². The van der Waals surface area contributed by atoms with Crippen LogP contribution in [0.3, 0.4) is 0 Å². The monoisotopic (exact) mass is 498 g/mol. The molecule has 9 nitrogen and oxygen atoms in total. The number of rotatable bonds is 9. The Hall–Kier alpha value is -2.47. The van der Waals surface area contributed by atoms with Gasteiger partial charge < -0.3 is 25.6 Å². The number of primary amides is 1. The van der Waals surface area contributed by atoms with E-state index in [1.807, 2.05) is 0 Å². The largest absolute Gasteiger partial charge is 0.471 e. The number of aromatic nitrogens is 1. The van der Waals surface area contributed by atoms with E-state index >= 15 is 0 Å². The van der Waals surface area contributed by atoms with Gasteiger partial charge in [0.25, 0.3) is 5.91 Å². The maximum absolute atomic E-state index is 14.1. The third kappa shape index (κ3) is 7.00. The Balaban J connectivity index is 1.52. The maximum atomic E-state index is 14.1. The zero-order valence-electron chi connectivity index (χ0n) is 18.6. The van der Waals surface area contributed by atoms with Crippen molar-refractivity contribution >= 4 is 40.1 Å². The highest BCUT2D eigenvalue weighted by molar-refractivity contribution is 7.11. The molecule has 1 saturated heterocycles. The highest BCUT2D eigenvalue weighted by Crippen LogP contribution is 2.31. The first-order chi connectivity index (χ1) is 15.7. The molecule has 2 heterocycles. The molecule has 1 fully saturated rings. The summed E-state index contributed by atoms with van der Waals surface area (Å²) in [6, 6.07) is 2.29. The van der Waals surface area contributed by atoms with E-state index in [0.717, 1.165) is 50.7 Å². The smallest absolute Gasteiger partial charge is 0.319 e. The fourth-order valence-corrected chi connectivity index (χ4v) is 4.27. The number of nitrogens with zero attached hydrogens (tertiary/aromatic N) is 3. The molecule has 3 rings (SSSR count). The fraction of sp³-hybridized carbons (Fsp3) is 0.476. The first-order valence-corrected chi connectivity index (χ1v) is 11.7. The van der Waals surface area contributed by atoms with Crippen LogP contribution in [-0.4, -0.2) is 72.4 Å². The molecular weight excluding hydrogens is 471 g/mol. The number of ether oxygens (including phenoxy) is 1. The van der Waals surface area contributed by atoms with Gasteiger partial charge in [0.2, 0.25) is 5.88 Å². The number of hydrogen-bond acceptors (Lipinski definition) is 7. The minimum atomic E-state index is -0.813. The number of benzene rings is 1. The fourth-order valence-electron chi connectivity index (χ4n) is 3.34. The molecule has 0 bridgehead atoms. The number of anilines is 1. The van der Waals surface area contributed by atoms with E-state index in [0.29, 0.717) is 17.1 Å². The Labute approximate surface area is 201 Å². The number of piperazine rings is 1. The van der Waals surface area contributed by atoms with Crippen molar-refractivity contribution in [2.24, 2.45) is 5.73 Å². The third-order valence-electron chi connectivity index (χ3n) is 5.36. The molecule has 33 heavy (non-hydrogen) atoms. The van der Waals surface area contributed by atoms with Crippen molar-refractivity contribution in [3.05, 3.63) is 39.7 Å². The Bertz CT molecular complexity index is 997. The van der Waals surface area contributed by atoms with E-state index in [4.69, 9.17) is 22.1 Å². The predicted octanol–water partition coefficient (Wildman–Crippen LogP) is 2.68. The van der Waals surface area contributed by atoms with Gasteiger partial charge in [-0.15, -0.1) is 0 Å². The first-order valence-electron chi connectivity index (χ1n) is 10.6. The average Bonchev–Trinajstić information content (AvgIpc) is 3.16. The quantitative estimate of drug-likeness (QED) is 0.458. The van der Waals surface area contributed by atoms with Gasteiger partial charge in [0.15, 0.2) is 0 Å². The molecule has 3 amide bonds. The summed E-state index contributed by atoms with van der Waals surface area (Å²) in [5.74, 6) is -1.37. The summed E-state index contributed by atoms with van der Waals surface area (Å²) in [5.41, 5.74) is 6.21. The lowest BCUT2D eigenvalue weighted by Gasteiger charge is -2.32. The van der Waals surface area contributed by atoms with Gasteiger partial charge in [0.1, 0.15) is 23.0 Å². The minimum absolute atomic E-state index is 0.0637. The molecule has 1 aromatic heterocycles. The lowest BCUT2D eigenvalue weighted by molar-refractivity contribution is 0.0996. The van der Waals surface area contributed by atoms with Crippen molar-refractivity contribution in [1.29, 1.82) is 0 Å². The molecule has 1 aliphatic heterocycles. The van der Waals surface area contributed by atoms with Gasteiger partial charge in [-0.05, 0) is 56.2 Å². The van der Waals surface area contributed by atoms with Crippen LogP contribution < -0.4 is 21.1 Å². The summed E-state index contributed by atoms with van der Waals surface area (Å²) in [5, 5.41) is 5.92. The second kappa shape index (κ2) is 11.6. The summed E-state index contributed by atoms with van der Waals surface area (Å²) >= 11 is 6.90. The Morgan fingerprint density at radius 1 is 1.30 bits per heavy atom. The van der Waals surface area contributed by atoms with Crippen LogP contribution >= 0.6 is 23.1 Å². The van der Waals surface area contributed by atoms with Gasteiger partial charge in [0, 0.05) is 43.3 Å². The normalized spacial score (nSPS) is 14.8. The number of halogens is 2. The molecule has 4 N–H and O–H groups in total. The molecule has 0 saturated carbocycles. The van der Waals surface area contributed by atoms with Crippen molar-refractivity contribution in [2.45, 2.75) is 20.0 Å². The van der Waals surface area contributed by atoms with Gasteiger partial charge in [0.05, 0.1) is 0 Å². The standard InChI is InChI=1S/C21H28ClFN6O3S/c1-13-10-16(23)14(11-15(13)22)12-32-19-17(18(24)30)20(33-27-19)26-21(31)25-4-3-5-29-8-6-28(2)7-9-29/h10-11H,3-9,12H2,1-2H3,(H2,24,30)(H2,25,26,31). The van der Waals surface area contributed by atoms with Crippen molar-refractivity contribution in [1.82, 2.24) is 19.5 Å². The maximum Gasteiger partial charge on any atom is 0.319 e. The number of amides is 3. The average molecular weight is 499 g/mol. The van der Waals surface area contributed by atoms with Gasteiger partial charge in [-0.1, -0.05) is 11.6 Å². The van der Waals surface area contributed by atoms with Gasteiger partial charge >= 0.3 is 6.03 Å². The second-order valence-electron chi connectivity index (χ2n) is 7.92. The number of likely N-dealkylation sites (N-methyl/N-ethyl adjacent to an activating group) is 1. The van der Waals surface area contributed by atoms with E-state index in [2.05, 4.69) is 31.9 Å². The van der Waals surface area contributed by atoms with E-state index < -0.39 is 17.8 Å². The summed E-state index contributed by atoms with van der Waals surface area (Å²) < 4.78 is 23.7. The lowest BCUT2D eigenvalue weighted by atomic mass is 10.1. The molecular formula is C21H28ClFN6O3S. The Morgan fingerprint density at radius 3 is 2.73 bits per heavy atom. The molecule has 0 atom stereocenters. The number of aryl methyl sites for hydroxylation is 1. The van der Waals surface area contributed by atoms with Crippen molar-refractivity contribution in [3.8, 4) is 5.88 Å².